The Kier molecular flexibility index (Phi) is 6.45. The summed E-state index contributed by atoms with van der Waals surface area (Å²) in [5.74, 6) is 0.898. The van der Waals surface area contributed by atoms with Crippen molar-refractivity contribution in [2.45, 2.75) is 64.7 Å². The van der Waals surface area contributed by atoms with Crippen LogP contribution in [0.15, 0.2) is 0 Å². The van der Waals surface area contributed by atoms with Crippen molar-refractivity contribution in [2.24, 2.45) is 5.92 Å². The van der Waals surface area contributed by atoms with Crippen molar-refractivity contribution in [1.29, 1.82) is 0 Å². The number of carbonyl (C=O) groups is 1. The number of ether oxygens (including phenoxy) is 1. The van der Waals surface area contributed by atoms with Gasteiger partial charge in [0.2, 0.25) is 0 Å². The van der Waals surface area contributed by atoms with Crippen molar-refractivity contribution in [3.63, 3.8) is 0 Å². The van der Waals surface area contributed by atoms with Crippen LogP contribution >= 0.6 is 0 Å². The molecule has 1 saturated carbocycles. The summed E-state index contributed by atoms with van der Waals surface area (Å²) in [5.41, 5.74) is 0. The molecule has 0 aliphatic heterocycles. The third-order valence-corrected chi connectivity index (χ3v) is 3.23. The zero-order valence-electron chi connectivity index (χ0n) is 9.96. The molecule has 2 heteroatoms. The van der Waals surface area contributed by atoms with Gasteiger partial charge in [0.05, 0.1) is 6.61 Å². The number of carbonyl (C=O) groups excluding carboxylic acids is 1. The molecule has 1 aliphatic rings. The maximum Gasteiger partial charge on any atom is 0.305 e. The van der Waals surface area contributed by atoms with E-state index in [9.17, 15) is 4.79 Å². The first-order valence-electron chi connectivity index (χ1n) is 6.48. The monoisotopic (exact) mass is 212 g/mol. The molecule has 0 aromatic carbocycles. The van der Waals surface area contributed by atoms with E-state index >= 15 is 0 Å². The maximum absolute atomic E-state index is 11.3. The van der Waals surface area contributed by atoms with Crippen LogP contribution in [0.1, 0.15) is 64.7 Å². The molecule has 0 aromatic rings. The molecule has 88 valence electrons. The first-order chi connectivity index (χ1) is 7.33. The van der Waals surface area contributed by atoms with Gasteiger partial charge < -0.3 is 4.74 Å². The first kappa shape index (κ1) is 12.5. The molecule has 0 atom stereocenters. The molecule has 0 aromatic heterocycles. The van der Waals surface area contributed by atoms with Crippen molar-refractivity contribution in [3.8, 4) is 0 Å². The summed E-state index contributed by atoms with van der Waals surface area (Å²) in [4.78, 5) is 11.3. The van der Waals surface area contributed by atoms with E-state index in [0.717, 1.165) is 25.2 Å². The molecular formula is C13H24O2. The normalized spacial score (nSPS) is 16.9. The molecule has 1 fully saturated rings. The van der Waals surface area contributed by atoms with E-state index in [-0.39, 0.29) is 5.97 Å². The highest BCUT2D eigenvalue weighted by atomic mass is 16.5. The first-order valence-corrected chi connectivity index (χ1v) is 6.48. The molecule has 0 radical (unpaired) electrons. The Morgan fingerprint density at radius 2 is 2.00 bits per heavy atom. The lowest BCUT2D eigenvalue weighted by Crippen LogP contribution is -2.06. The standard InChI is InChI=1S/C13H24O2/c1-2-3-11-15-13(14)10-6-9-12-7-4-5-8-12/h12H,2-11H2,1H3. The maximum atomic E-state index is 11.3. The smallest absolute Gasteiger partial charge is 0.305 e. The topological polar surface area (TPSA) is 26.3 Å². The van der Waals surface area contributed by atoms with Gasteiger partial charge in [-0.25, -0.2) is 0 Å². The lowest BCUT2D eigenvalue weighted by atomic mass is 10.0. The van der Waals surface area contributed by atoms with Gasteiger partial charge in [-0.15, -0.1) is 0 Å². The Balaban J connectivity index is 1.91. The highest BCUT2D eigenvalue weighted by Gasteiger charge is 2.14. The number of hydrogen-bond acceptors (Lipinski definition) is 2. The molecule has 2 nitrogen and oxygen atoms in total. The Morgan fingerprint density at radius 3 is 2.67 bits per heavy atom. The van der Waals surface area contributed by atoms with Gasteiger partial charge in [0.25, 0.3) is 0 Å². The number of hydrogen-bond donors (Lipinski definition) is 0. The minimum Gasteiger partial charge on any atom is -0.466 e. The predicted octanol–water partition coefficient (Wildman–Crippen LogP) is 3.69. The second-order valence-corrected chi connectivity index (χ2v) is 4.62. The molecular weight excluding hydrogens is 188 g/mol. The highest BCUT2D eigenvalue weighted by molar-refractivity contribution is 5.69. The van der Waals surface area contributed by atoms with E-state index in [1.807, 2.05) is 0 Å². The second-order valence-electron chi connectivity index (χ2n) is 4.62. The zero-order valence-corrected chi connectivity index (χ0v) is 9.96. The summed E-state index contributed by atoms with van der Waals surface area (Å²) in [6, 6.07) is 0. The quantitative estimate of drug-likeness (QED) is 0.475. The predicted molar refractivity (Wildman–Crippen MR) is 61.7 cm³/mol. The average Bonchev–Trinajstić information content (AvgIpc) is 2.71. The van der Waals surface area contributed by atoms with Crippen molar-refractivity contribution in [2.75, 3.05) is 6.61 Å². The van der Waals surface area contributed by atoms with Gasteiger partial charge in [0, 0.05) is 6.42 Å². The SMILES string of the molecule is CCCCOC(=O)CCCC1CCCC1. The van der Waals surface area contributed by atoms with Crippen LogP contribution in [-0.4, -0.2) is 12.6 Å². The Morgan fingerprint density at radius 1 is 1.27 bits per heavy atom. The summed E-state index contributed by atoms with van der Waals surface area (Å²) in [7, 11) is 0. The van der Waals surface area contributed by atoms with Crippen LogP contribution in [0.5, 0.6) is 0 Å². The zero-order chi connectivity index (χ0) is 10.9. The number of esters is 1. The molecule has 1 aliphatic carbocycles. The van der Waals surface area contributed by atoms with Gasteiger partial charge in [0.1, 0.15) is 0 Å². The Hall–Kier alpha value is -0.530. The van der Waals surface area contributed by atoms with Gasteiger partial charge in [-0.1, -0.05) is 39.0 Å². The third-order valence-electron chi connectivity index (χ3n) is 3.23. The van der Waals surface area contributed by atoms with Crippen LogP contribution < -0.4 is 0 Å². The molecule has 15 heavy (non-hydrogen) atoms. The van der Waals surface area contributed by atoms with Crippen LogP contribution in [0.4, 0.5) is 0 Å². The van der Waals surface area contributed by atoms with Gasteiger partial charge >= 0.3 is 5.97 Å². The summed E-state index contributed by atoms with van der Waals surface area (Å²) in [5, 5.41) is 0. The van der Waals surface area contributed by atoms with E-state index in [1.165, 1.54) is 32.1 Å². The summed E-state index contributed by atoms with van der Waals surface area (Å²) >= 11 is 0. The van der Waals surface area contributed by atoms with Crippen LogP contribution in [-0.2, 0) is 9.53 Å². The Labute approximate surface area is 93.4 Å². The molecule has 0 amide bonds. The molecule has 0 heterocycles. The van der Waals surface area contributed by atoms with Gasteiger partial charge in [-0.2, -0.15) is 0 Å². The summed E-state index contributed by atoms with van der Waals surface area (Å²) in [6.45, 7) is 2.71. The van der Waals surface area contributed by atoms with Crippen LogP contribution in [0.3, 0.4) is 0 Å². The highest BCUT2D eigenvalue weighted by Crippen LogP contribution is 2.28. The van der Waals surface area contributed by atoms with Crippen molar-refractivity contribution >= 4 is 5.97 Å². The second kappa shape index (κ2) is 7.72. The lowest BCUT2D eigenvalue weighted by Gasteiger charge is -2.08. The molecule has 0 saturated heterocycles. The molecule has 0 spiro atoms. The van der Waals surface area contributed by atoms with Crippen LogP contribution in [0.25, 0.3) is 0 Å². The average molecular weight is 212 g/mol. The third kappa shape index (κ3) is 5.81. The van der Waals surface area contributed by atoms with Gasteiger partial charge in [0.15, 0.2) is 0 Å². The summed E-state index contributed by atoms with van der Waals surface area (Å²) < 4.78 is 5.11. The van der Waals surface area contributed by atoms with Gasteiger partial charge in [-0.3, -0.25) is 4.79 Å². The van der Waals surface area contributed by atoms with Gasteiger partial charge in [-0.05, 0) is 25.2 Å². The van der Waals surface area contributed by atoms with Crippen LogP contribution in [0.2, 0.25) is 0 Å². The van der Waals surface area contributed by atoms with E-state index in [2.05, 4.69) is 6.92 Å². The summed E-state index contributed by atoms with van der Waals surface area (Å²) in [6.07, 6.45) is 10.5. The molecule has 0 bridgehead atoms. The van der Waals surface area contributed by atoms with E-state index in [1.54, 1.807) is 0 Å². The van der Waals surface area contributed by atoms with Crippen molar-refractivity contribution < 1.29 is 9.53 Å². The van der Waals surface area contributed by atoms with Crippen LogP contribution in [0, 0.1) is 5.92 Å². The fourth-order valence-electron chi connectivity index (χ4n) is 2.24. The molecule has 1 rings (SSSR count). The van der Waals surface area contributed by atoms with E-state index in [0.29, 0.717) is 13.0 Å². The number of rotatable bonds is 7. The largest absolute Gasteiger partial charge is 0.466 e. The molecule has 0 N–H and O–H groups in total. The fourth-order valence-corrected chi connectivity index (χ4v) is 2.24. The fraction of sp³-hybridized carbons (Fsp3) is 0.923. The van der Waals surface area contributed by atoms with E-state index in [4.69, 9.17) is 4.74 Å². The molecule has 0 unspecified atom stereocenters. The number of unbranched alkanes of at least 4 members (excludes halogenated alkanes) is 1. The lowest BCUT2D eigenvalue weighted by molar-refractivity contribution is -0.143. The van der Waals surface area contributed by atoms with Crippen molar-refractivity contribution in [1.82, 2.24) is 0 Å². The minimum atomic E-state index is 0.00134. The van der Waals surface area contributed by atoms with E-state index < -0.39 is 0 Å². The van der Waals surface area contributed by atoms with Crippen molar-refractivity contribution in [3.05, 3.63) is 0 Å². The minimum absolute atomic E-state index is 0.00134. The Bertz CT molecular complexity index is 171.